The molecule has 2 unspecified atom stereocenters. The van der Waals surface area contributed by atoms with Crippen LogP contribution in [0.1, 0.15) is 25.0 Å². The molecule has 12 rings (SSSR count). The third-order valence-corrected chi connectivity index (χ3v) is 23.1. The van der Waals surface area contributed by atoms with Gasteiger partial charge in [-0.2, -0.15) is 0 Å². The second kappa shape index (κ2) is 10.1. The van der Waals surface area contributed by atoms with Crippen molar-refractivity contribution in [3.8, 4) is 0 Å². The molecule has 8 saturated heterocycles. The molecule has 4 bridgehead atoms. The van der Waals surface area contributed by atoms with E-state index in [1.807, 2.05) is 56.3 Å². The number of carbonyl (C=O) groups excluding carboxylic acids is 4. The normalized spacial score (nSPS) is 44.2. The van der Waals surface area contributed by atoms with Crippen LogP contribution in [0, 0.1) is 5.92 Å². The number of benzene rings is 2. The summed E-state index contributed by atoms with van der Waals surface area (Å²) >= 11 is 0. The molecule has 2 spiro atoms. The lowest BCUT2D eigenvalue weighted by Crippen LogP contribution is -2.75. The summed E-state index contributed by atoms with van der Waals surface area (Å²) in [5, 5.41) is 45.0. The van der Waals surface area contributed by atoms with Gasteiger partial charge in [0.2, 0.25) is 14.6 Å². The van der Waals surface area contributed by atoms with Gasteiger partial charge in [-0.15, -0.1) is 0 Å². The maximum absolute atomic E-state index is 15.4. The van der Waals surface area contributed by atoms with E-state index in [1.54, 1.807) is 13.1 Å². The molecule has 13 nitrogen and oxygen atoms in total. The standard InChI is InChI=1S/C32H32N6O7S6/c1-14(2)30-26(45)38-22-29(16-10-6-8-12-18(16)34-22,20(41)32(38,49-51-47-30)25(44)36(30)4)28-15-9-5-7-11-17(15)33-21(28)37-23(42)27(13-39)35(3)24(43)31(37,19(28)40)48-50-46-27/h5-12,14,19-22,33-34,39-41H,13H2,1-4H3/t19-,20-,21-,22+,27+,28?,29?,30+,31-,32-/m0/s1. The lowest BCUT2D eigenvalue weighted by atomic mass is 9.52. The smallest absolute Gasteiger partial charge is 0.265 e. The van der Waals surface area contributed by atoms with Crippen LogP contribution < -0.4 is 10.6 Å². The number of nitrogens with one attached hydrogen (secondary N) is 2. The molecule has 19 heteroatoms. The van der Waals surface area contributed by atoms with Crippen molar-refractivity contribution in [2.45, 2.75) is 68.7 Å². The second-order valence-corrected chi connectivity index (χ2v) is 23.2. The third kappa shape index (κ3) is 3.05. The number of amides is 4. The first-order valence-electron chi connectivity index (χ1n) is 16.3. The van der Waals surface area contributed by atoms with E-state index in [-0.39, 0.29) is 11.8 Å². The minimum Gasteiger partial charge on any atom is -0.392 e. The lowest BCUT2D eigenvalue weighted by Gasteiger charge is -2.52. The molecule has 10 aliphatic heterocycles. The molecule has 2 aromatic rings. The predicted octanol–water partition coefficient (Wildman–Crippen LogP) is 2.24. The molecule has 0 aliphatic carbocycles. The fourth-order valence-corrected chi connectivity index (χ4v) is 22.7. The summed E-state index contributed by atoms with van der Waals surface area (Å²) < 4.78 is 0. The average molecular weight is 805 g/mol. The Morgan fingerprint density at radius 3 is 1.67 bits per heavy atom. The minimum absolute atomic E-state index is 0.320. The summed E-state index contributed by atoms with van der Waals surface area (Å²) in [5.74, 6) is -2.26. The Morgan fingerprint density at radius 1 is 0.686 bits per heavy atom. The molecule has 268 valence electrons. The second-order valence-electron chi connectivity index (χ2n) is 14.5. The van der Waals surface area contributed by atoms with Gasteiger partial charge >= 0.3 is 0 Å². The number of carbonyl (C=O) groups is 4. The SMILES string of the molecule is CC(C)[C@]12SSS[C@]3(C(=O)N1C)[C@@H](O)C1(C45c6ccccc6N[C@H]4N4C(=O)[C@@]6(CO)SSS[C@]4(C(=O)N6C)[C@H]5O)c4ccccc4N[C@@H]1N3C2=O. The fourth-order valence-electron chi connectivity index (χ4n) is 10.5. The monoisotopic (exact) mass is 804 g/mol. The van der Waals surface area contributed by atoms with Gasteiger partial charge in [-0.25, -0.2) is 0 Å². The Morgan fingerprint density at radius 2 is 1.16 bits per heavy atom. The van der Waals surface area contributed by atoms with Gasteiger partial charge in [-0.1, -0.05) is 50.2 Å². The van der Waals surface area contributed by atoms with Crippen LogP contribution in [-0.2, 0) is 30.0 Å². The van der Waals surface area contributed by atoms with E-state index in [9.17, 15) is 20.1 Å². The van der Waals surface area contributed by atoms with E-state index >= 15 is 14.4 Å². The van der Waals surface area contributed by atoms with Crippen molar-refractivity contribution < 1.29 is 34.5 Å². The van der Waals surface area contributed by atoms with Crippen molar-refractivity contribution in [1.29, 1.82) is 0 Å². The number of anilines is 2. The molecule has 5 N–H and O–H groups in total. The molecule has 51 heavy (non-hydrogen) atoms. The van der Waals surface area contributed by atoms with Crippen molar-refractivity contribution in [2.24, 2.45) is 5.92 Å². The van der Waals surface area contributed by atoms with Crippen LogP contribution in [-0.4, -0.2) is 123 Å². The van der Waals surface area contributed by atoms with Crippen molar-refractivity contribution in [1.82, 2.24) is 19.6 Å². The van der Waals surface area contributed by atoms with Crippen molar-refractivity contribution in [2.75, 3.05) is 31.3 Å². The van der Waals surface area contributed by atoms with E-state index < -0.39 is 79.2 Å². The zero-order chi connectivity index (χ0) is 35.8. The van der Waals surface area contributed by atoms with Crippen LogP contribution in [0.2, 0.25) is 0 Å². The highest BCUT2D eigenvalue weighted by atomic mass is 33.5. The highest BCUT2D eigenvalue weighted by Gasteiger charge is 2.92. The molecule has 0 radical (unpaired) electrons. The summed E-state index contributed by atoms with van der Waals surface area (Å²) in [7, 11) is 10.1. The van der Waals surface area contributed by atoms with Gasteiger partial charge in [-0.05, 0) is 92.0 Å². The van der Waals surface area contributed by atoms with Crippen molar-refractivity contribution in [3.05, 3.63) is 59.7 Å². The molecule has 4 amide bonds. The first kappa shape index (κ1) is 33.5. The third-order valence-electron chi connectivity index (χ3n) is 12.7. The van der Waals surface area contributed by atoms with Crippen LogP contribution in [0.5, 0.6) is 0 Å². The highest BCUT2D eigenvalue weighted by molar-refractivity contribution is 9.10. The van der Waals surface area contributed by atoms with Gasteiger partial charge in [0.25, 0.3) is 23.6 Å². The van der Waals surface area contributed by atoms with Crippen molar-refractivity contribution in [3.63, 3.8) is 0 Å². The van der Waals surface area contributed by atoms with E-state index in [4.69, 9.17) is 0 Å². The molecule has 10 heterocycles. The zero-order valence-corrected chi connectivity index (χ0v) is 32.3. The Kier molecular flexibility index (Phi) is 6.66. The number of aliphatic hydroxyl groups is 3. The Hall–Kier alpha value is -2.10. The van der Waals surface area contributed by atoms with E-state index in [2.05, 4.69) is 10.6 Å². The van der Waals surface area contributed by atoms with Crippen LogP contribution in [0.3, 0.4) is 0 Å². The number of hydrogen-bond acceptors (Lipinski definition) is 15. The predicted molar refractivity (Wildman–Crippen MR) is 201 cm³/mol. The van der Waals surface area contributed by atoms with Crippen LogP contribution in [0.4, 0.5) is 11.4 Å². The van der Waals surface area contributed by atoms with Crippen LogP contribution in [0.15, 0.2) is 48.5 Å². The van der Waals surface area contributed by atoms with E-state index in [1.165, 1.54) is 47.3 Å². The zero-order valence-electron chi connectivity index (χ0n) is 27.4. The molecular weight excluding hydrogens is 773 g/mol. The number of rotatable bonds is 3. The number of para-hydroxylation sites is 2. The largest absolute Gasteiger partial charge is 0.392 e. The summed E-state index contributed by atoms with van der Waals surface area (Å²) in [4.78, 5) is 59.3. The van der Waals surface area contributed by atoms with E-state index in [0.29, 0.717) is 22.5 Å². The van der Waals surface area contributed by atoms with E-state index in [0.717, 1.165) is 42.2 Å². The van der Waals surface area contributed by atoms with Crippen LogP contribution >= 0.6 is 62.8 Å². The van der Waals surface area contributed by atoms with Gasteiger partial charge in [0, 0.05) is 25.5 Å². The van der Waals surface area contributed by atoms with Gasteiger partial charge in [0.15, 0.2) is 4.87 Å². The molecule has 10 atom stereocenters. The summed E-state index contributed by atoms with van der Waals surface area (Å²) in [6.45, 7) is 3.13. The van der Waals surface area contributed by atoms with Gasteiger partial charge in [0.05, 0.1) is 17.4 Å². The number of fused-ring (bicyclic) bond motifs is 13. The summed E-state index contributed by atoms with van der Waals surface area (Å²) in [5.41, 5.74) is -1.21. The first-order valence-corrected chi connectivity index (χ1v) is 23.3. The average Bonchev–Trinajstić information content (AvgIpc) is 3.64. The fraction of sp³-hybridized carbons (Fsp3) is 0.500. The summed E-state index contributed by atoms with van der Waals surface area (Å²) in [6, 6.07) is 14.6. The van der Waals surface area contributed by atoms with Gasteiger partial charge in [0.1, 0.15) is 24.5 Å². The van der Waals surface area contributed by atoms with Crippen molar-refractivity contribution >= 4 is 97.8 Å². The molecule has 0 aromatic heterocycles. The molecule has 8 fully saturated rings. The van der Waals surface area contributed by atoms with Crippen LogP contribution in [0.25, 0.3) is 0 Å². The molecule has 2 aromatic carbocycles. The lowest BCUT2D eigenvalue weighted by molar-refractivity contribution is -0.169. The quantitative estimate of drug-likeness (QED) is 0.287. The Labute approximate surface area is 315 Å². The maximum Gasteiger partial charge on any atom is 0.265 e. The number of aliphatic hydroxyl groups excluding tert-OH is 3. The minimum atomic E-state index is -1.92. The summed E-state index contributed by atoms with van der Waals surface area (Å²) in [6.07, 6.45) is -5.64. The molecule has 10 aliphatic rings. The molecular formula is C32H32N6O7S6. The Bertz CT molecular complexity index is 2020. The highest BCUT2D eigenvalue weighted by Crippen LogP contribution is 2.78. The van der Waals surface area contributed by atoms with Gasteiger partial charge in [-0.3, -0.25) is 29.0 Å². The number of likely N-dealkylation sites (N-methyl/N-ethyl adjacent to an activating group) is 2. The Balaban J connectivity index is 1.34. The topological polar surface area (TPSA) is 166 Å². The van der Waals surface area contributed by atoms with Gasteiger partial charge < -0.3 is 35.8 Å². The number of hydrogen-bond donors (Lipinski definition) is 5. The first-order chi connectivity index (χ1) is 24.3. The number of nitrogens with zero attached hydrogens (tertiary/aromatic N) is 4. The maximum atomic E-state index is 15.4. The molecule has 0 saturated carbocycles. The number of piperazine rings is 2.